The van der Waals surface area contributed by atoms with Crippen molar-refractivity contribution in [3.63, 3.8) is 0 Å². The number of rotatable bonds is 3. The number of nitrogens with zero attached hydrogens (tertiary/aromatic N) is 2. The summed E-state index contributed by atoms with van der Waals surface area (Å²) in [5.41, 5.74) is -0.113. The molecule has 0 aliphatic rings. The molecule has 1 N–H and O–H groups in total. The second-order valence-corrected chi connectivity index (χ2v) is 2.06. The number of alkyl halides is 2. The van der Waals surface area contributed by atoms with Crippen molar-refractivity contribution in [1.82, 2.24) is 9.78 Å². The van der Waals surface area contributed by atoms with Crippen LogP contribution in [0.1, 0.15) is 12.0 Å². The predicted octanol–water partition coefficient (Wildman–Crippen LogP) is 0.813. The number of aliphatic hydroxyl groups is 1. The first kappa shape index (κ1) is 8.13. The standard InChI is InChI=1S/C6H8F2N2O/c7-6(8)5-3-9-10(4-5)1-2-11/h3-4,6,11H,1-2H2. The lowest BCUT2D eigenvalue weighted by atomic mass is 10.4. The molecule has 0 bridgehead atoms. The van der Waals surface area contributed by atoms with E-state index in [1.807, 2.05) is 0 Å². The summed E-state index contributed by atoms with van der Waals surface area (Å²) in [7, 11) is 0. The molecule has 0 aliphatic carbocycles. The highest BCUT2D eigenvalue weighted by Gasteiger charge is 2.08. The van der Waals surface area contributed by atoms with Crippen molar-refractivity contribution in [2.75, 3.05) is 6.61 Å². The Labute approximate surface area is 62.3 Å². The number of hydrogen-bond acceptors (Lipinski definition) is 2. The van der Waals surface area contributed by atoms with Crippen molar-refractivity contribution in [2.45, 2.75) is 13.0 Å². The molecule has 0 radical (unpaired) electrons. The van der Waals surface area contributed by atoms with Crippen LogP contribution in [0.15, 0.2) is 12.4 Å². The summed E-state index contributed by atoms with van der Waals surface area (Å²) in [6.07, 6.45) is -0.163. The molecular formula is C6H8F2N2O. The molecule has 0 atom stereocenters. The fraction of sp³-hybridized carbons (Fsp3) is 0.500. The molecule has 1 heterocycles. The Morgan fingerprint density at radius 3 is 2.82 bits per heavy atom. The van der Waals surface area contributed by atoms with Gasteiger partial charge in [0.1, 0.15) is 0 Å². The Morgan fingerprint density at radius 1 is 1.64 bits per heavy atom. The zero-order chi connectivity index (χ0) is 8.27. The summed E-state index contributed by atoms with van der Waals surface area (Å²) in [6, 6.07) is 0. The molecule has 1 aromatic heterocycles. The zero-order valence-electron chi connectivity index (χ0n) is 5.74. The van der Waals surface area contributed by atoms with Gasteiger partial charge in [-0.2, -0.15) is 5.10 Å². The number of halogens is 2. The molecule has 3 nitrogen and oxygen atoms in total. The number of aromatic nitrogens is 2. The van der Waals surface area contributed by atoms with E-state index in [0.29, 0.717) is 0 Å². The zero-order valence-corrected chi connectivity index (χ0v) is 5.74. The third-order valence-electron chi connectivity index (χ3n) is 1.23. The molecule has 0 aromatic carbocycles. The Balaban J connectivity index is 2.66. The summed E-state index contributed by atoms with van der Waals surface area (Å²) in [6.45, 7) is 0.164. The van der Waals surface area contributed by atoms with E-state index >= 15 is 0 Å². The predicted molar refractivity (Wildman–Crippen MR) is 34.3 cm³/mol. The van der Waals surface area contributed by atoms with Crippen LogP contribution in [0.25, 0.3) is 0 Å². The molecule has 1 aromatic rings. The third kappa shape index (κ3) is 1.98. The Hall–Kier alpha value is -0.970. The van der Waals surface area contributed by atoms with Gasteiger partial charge in [-0.3, -0.25) is 4.68 Å². The molecular weight excluding hydrogens is 154 g/mol. The smallest absolute Gasteiger partial charge is 0.266 e. The minimum absolute atomic E-state index is 0.0929. The van der Waals surface area contributed by atoms with Crippen LogP contribution in [-0.2, 0) is 6.54 Å². The third-order valence-corrected chi connectivity index (χ3v) is 1.23. The van der Waals surface area contributed by atoms with Crippen LogP contribution < -0.4 is 0 Å². The van der Waals surface area contributed by atoms with Crippen molar-refractivity contribution in [1.29, 1.82) is 0 Å². The maximum Gasteiger partial charge on any atom is 0.266 e. The Morgan fingerprint density at radius 2 is 2.36 bits per heavy atom. The second-order valence-electron chi connectivity index (χ2n) is 2.06. The van der Waals surface area contributed by atoms with E-state index in [0.717, 1.165) is 6.20 Å². The molecule has 0 saturated heterocycles. The van der Waals surface area contributed by atoms with E-state index in [1.165, 1.54) is 10.9 Å². The van der Waals surface area contributed by atoms with Crippen molar-refractivity contribution >= 4 is 0 Å². The minimum atomic E-state index is -2.48. The molecule has 5 heteroatoms. The monoisotopic (exact) mass is 162 g/mol. The summed E-state index contributed by atoms with van der Waals surface area (Å²) in [4.78, 5) is 0. The van der Waals surface area contributed by atoms with E-state index in [9.17, 15) is 8.78 Å². The molecule has 0 amide bonds. The van der Waals surface area contributed by atoms with E-state index in [4.69, 9.17) is 5.11 Å². The van der Waals surface area contributed by atoms with Crippen LogP contribution in [0.4, 0.5) is 8.78 Å². The molecule has 0 saturated carbocycles. The summed E-state index contributed by atoms with van der Waals surface area (Å²) >= 11 is 0. The number of aliphatic hydroxyl groups excluding tert-OH is 1. The van der Waals surface area contributed by atoms with Gasteiger partial charge in [-0.15, -0.1) is 0 Å². The molecule has 11 heavy (non-hydrogen) atoms. The van der Waals surface area contributed by atoms with Gasteiger partial charge < -0.3 is 5.11 Å². The van der Waals surface area contributed by atoms with Gasteiger partial charge >= 0.3 is 0 Å². The van der Waals surface area contributed by atoms with Gasteiger partial charge in [-0.1, -0.05) is 0 Å². The van der Waals surface area contributed by atoms with E-state index < -0.39 is 6.43 Å². The van der Waals surface area contributed by atoms with E-state index in [2.05, 4.69) is 5.10 Å². The fourth-order valence-electron chi connectivity index (χ4n) is 0.717. The lowest BCUT2D eigenvalue weighted by Gasteiger charge is -1.94. The van der Waals surface area contributed by atoms with Gasteiger partial charge in [-0.25, -0.2) is 8.78 Å². The van der Waals surface area contributed by atoms with Crippen LogP contribution in [-0.4, -0.2) is 21.5 Å². The largest absolute Gasteiger partial charge is 0.394 e. The first-order chi connectivity index (χ1) is 5.24. The van der Waals surface area contributed by atoms with Gasteiger partial charge in [0, 0.05) is 6.20 Å². The molecule has 0 spiro atoms. The van der Waals surface area contributed by atoms with Crippen LogP contribution in [0, 0.1) is 0 Å². The van der Waals surface area contributed by atoms with Crippen LogP contribution in [0.5, 0.6) is 0 Å². The van der Waals surface area contributed by atoms with Crippen LogP contribution in [0.2, 0.25) is 0 Å². The SMILES string of the molecule is OCCn1cc(C(F)F)cn1. The van der Waals surface area contributed by atoms with Gasteiger partial charge in [-0.05, 0) is 0 Å². The lowest BCUT2D eigenvalue weighted by molar-refractivity contribution is 0.151. The first-order valence-corrected chi connectivity index (χ1v) is 3.15. The van der Waals surface area contributed by atoms with Gasteiger partial charge in [0.15, 0.2) is 0 Å². The van der Waals surface area contributed by atoms with Gasteiger partial charge in [0.05, 0.1) is 24.9 Å². The summed E-state index contributed by atoms with van der Waals surface area (Å²) < 4.78 is 25.1. The van der Waals surface area contributed by atoms with Crippen molar-refractivity contribution in [3.05, 3.63) is 18.0 Å². The van der Waals surface area contributed by atoms with E-state index in [1.54, 1.807) is 0 Å². The fourth-order valence-corrected chi connectivity index (χ4v) is 0.717. The highest BCUT2D eigenvalue weighted by Crippen LogP contribution is 2.16. The second kappa shape index (κ2) is 3.43. The lowest BCUT2D eigenvalue weighted by Crippen LogP contribution is -2.01. The highest BCUT2D eigenvalue weighted by molar-refractivity contribution is 5.04. The quantitative estimate of drug-likeness (QED) is 0.714. The van der Waals surface area contributed by atoms with Gasteiger partial charge in [0.25, 0.3) is 6.43 Å². The summed E-state index contributed by atoms with van der Waals surface area (Å²) in [5.74, 6) is 0. The van der Waals surface area contributed by atoms with Crippen molar-refractivity contribution in [2.24, 2.45) is 0 Å². The van der Waals surface area contributed by atoms with Crippen LogP contribution >= 0.6 is 0 Å². The van der Waals surface area contributed by atoms with Crippen molar-refractivity contribution < 1.29 is 13.9 Å². The van der Waals surface area contributed by atoms with Gasteiger partial charge in [0.2, 0.25) is 0 Å². The topological polar surface area (TPSA) is 38.0 Å². The first-order valence-electron chi connectivity index (χ1n) is 3.15. The number of hydrogen-bond donors (Lipinski definition) is 1. The highest BCUT2D eigenvalue weighted by atomic mass is 19.3. The van der Waals surface area contributed by atoms with Crippen LogP contribution in [0.3, 0.4) is 0 Å². The average molecular weight is 162 g/mol. The Bertz CT molecular complexity index is 224. The molecule has 1 rings (SSSR count). The maximum absolute atomic E-state index is 11.9. The summed E-state index contributed by atoms with van der Waals surface area (Å²) in [5, 5.41) is 12.0. The minimum Gasteiger partial charge on any atom is -0.394 e. The molecule has 62 valence electrons. The average Bonchev–Trinajstić information content (AvgIpc) is 2.37. The molecule has 0 unspecified atom stereocenters. The van der Waals surface area contributed by atoms with E-state index in [-0.39, 0.29) is 18.7 Å². The normalized spacial score (nSPS) is 10.9. The maximum atomic E-state index is 11.9. The molecule has 0 aliphatic heterocycles. The van der Waals surface area contributed by atoms with Crippen molar-refractivity contribution in [3.8, 4) is 0 Å². The molecule has 0 fully saturated rings. The Kier molecular flexibility index (Phi) is 2.53.